The molecule has 1 amide bonds. The molecule has 11 heteroatoms. The van der Waals surface area contributed by atoms with Gasteiger partial charge in [-0.2, -0.15) is 8.75 Å². The first-order valence-corrected chi connectivity index (χ1v) is 11.9. The molecule has 2 N–H and O–H groups in total. The summed E-state index contributed by atoms with van der Waals surface area (Å²) in [7, 11) is -4.01. The predicted octanol–water partition coefficient (Wildman–Crippen LogP) is 4.73. The van der Waals surface area contributed by atoms with Gasteiger partial charge in [0.05, 0.1) is 23.0 Å². The number of benzene rings is 3. The summed E-state index contributed by atoms with van der Waals surface area (Å²) in [6, 6.07) is 16.0. The largest absolute Gasteiger partial charge is 0.348 e. The van der Waals surface area contributed by atoms with Crippen molar-refractivity contribution in [2.45, 2.75) is 11.4 Å². The van der Waals surface area contributed by atoms with Gasteiger partial charge in [-0.05, 0) is 42.0 Å². The molecule has 31 heavy (non-hydrogen) atoms. The minimum Gasteiger partial charge on any atom is -0.348 e. The molecule has 0 unspecified atom stereocenters. The van der Waals surface area contributed by atoms with E-state index in [2.05, 4.69) is 18.8 Å². The fourth-order valence-electron chi connectivity index (χ4n) is 2.90. The number of hydrogen-bond donors (Lipinski definition) is 2. The lowest BCUT2D eigenvalue weighted by molar-refractivity contribution is 0.0952. The van der Waals surface area contributed by atoms with Crippen LogP contribution in [0.5, 0.6) is 0 Å². The van der Waals surface area contributed by atoms with E-state index in [0.717, 1.165) is 11.7 Å². The van der Waals surface area contributed by atoms with Crippen LogP contribution in [0.4, 0.5) is 5.69 Å². The van der Waals surface area contributed by atoms with Crippen molar-refractivity contribution in [3.8, 4) is 0 Å². The molecular formula is C20H14Cl2N4O3S2. The van der Waals surface area contributed by atoms with E-state index in [4.69, 9.17) is 23.2 Å². The highest BCUT2D eigenvalue weighted by atomic mass is 35.5. The van der Waals surface area contributed by atoms with Crippen molar-refractivity contribution in [3.63, 3.8) is 0 Å². The molecule has 0 saturated heterocycles. The van der Waals surface area contributed by atoms with Crippen LogP contribution in [-0.4, -0.2) is 23.1 Å². The Balaban J connectivity index is 1.58. The number of carbonyl (C=O) groups excluding carboxylic acids is 1. The summed E-state index contributed by atoms with van der Waals surface area (Å²) < 4.78 is 36.6. The van der Waals surface area contributed by atoms with Gasteiger partial charge in [0.2, 0.25) is 0 Å². The van der Waals surface area contributed by atoms with Gasteiger partial charge in [-0.1, -0.05) is 47.5 Å². The van der Waals surface area contributed by atoms with Crippen molar-refractivity contribution in [2.75, 3.05) is 4.72 Å². The number of nitrogens with one attached hydrogen (secondary N) is 2. The normalized spacial score (nSPS) is 11.4. The number of aromatic nitrogens is 2. The summed E-state index contributed by atoms with van der Waals surface area (Å²) in [5.41, 5.74) is 1.75. The fourth-order valence-corrected chi connectivity index (χ4v) is 5.23. The molecule has 0 spiro atoms. The Hall–Kier alpha value is -2.72. The zero-order chi connectivity index (χ0) is 22.0. The van der Waals surface area contributed by atoms with Crippen molar-refractivity contribution in [1.82, 2.24) is 14.1 Å². The van der Waals surface area contributed by atoms with E-state index in [9.17, 15) is 13.2 Å². The van der Waals surface area contributed by atoms with E-state index in [1.807, 2.05) is 0 Å². The van der Waals surface area contributed by atoms with E-state index in [1.54, 1.807) is 42.5 Å². The first-order valence-electron chi connectivity index (χ1n) is 8.90. The van der Waals surface area contributed by atoms with Crippen LogP contribution in [0.3, 0.4) is 0 Å². The van der Waals surface area contributed by atoms with Gasteiger partial charge in [0.15, 0.2) is 0 Å². The lowest BCUT2D eigenvalue weighted by atomic mass is 10.1. The highest BCUT2D eigenvalue weighted by Gasteiger charge is 2.22. The van der Waals surface area contributed by atoms with Crippen molar-refractivity contribution >= 4 is 67.6 Å². The maximum atomic E-state index is 13.0. The molecule has 0 atom stereocenters. The average Bonchev–Trinajstić information content (AvgIpc) is 3.22. The molecule has 0 aliphatic rings. The topological polar surface area (TPSA) is 101 Å². The van der Waals surface area contributed by atoms with Crippen LogP contribution in [0.25, 0.3) is 11.0 Å². The van der Waals surface area contributed by atoms with Crippen molar-refractivity contribution in [3.05, 3.63) is 81.8 Å². The Morgan fingerprint density at radius 1 is 1.00 bits per heavy atom. The fraction of sp³-hybridized carbons (Fsp3) is 0.0500. The monoisotopic (exact) mass is 492 g/mol. The van der Waals surface area contributed by atoms with E-state index in [-0.39, 0.29) is 28.2 Å². The lowest BCUT2D eigenvalue weighted by Crippen LogP contribution is -2.25. The number of sulfonamides is 1. The molecular weight excluding hydrogens is 479 g/mol. The van der Waals surface area contributed by atoms with Crippen LogP contribution in [0.15, 0.2) is 65.6 Å². The van der Waals surface area contributed by atoms with Gasteiger partial charge in [-0.25, -0.2) is 8.42 Å². The third-order valence-corrected chi connectivity index (χ3v) is 6.94. The van der Waals surface area contributed by atoms with Crippen molar-refractivity contribution in [2.24, 2.45) is 0 Å². The smallest absolute Gasteiger partial charge is 0.264 e. The first kappa shape index (κ1) is 21.5. The highest BCUT2D eigenvalue weighted by molar-refractivity contribution is 7.93. The number of rotatable bonds is 6. The molecule has 1 aromatic heterocycles. The minimum atomic E-state index is -4.01. The van der Waals surface area contributed by atoms with E-state index < -0.39 is 15.9 Å². The predicted molar refractivity (Wildman–Crippen MR) is 122 cm³/mol. The van der Waals surface area contributed by atoms with Gasteiger partial charge in [0.1, 0.15) is 15.9 Å². The highest BCUT2D eigenvalue weighted by Crippen LogP contribution is 2.26. The van der Waals surface area contributed by atoms with Gasteiger partial charge in [-0.3, -0.25) is 9.52 Å². The van der Waals surface area contributed by atoms with Crippen molar-refractivity contribution in [1.29, 1.82) is 0 Å². The molecule has 4 rings (SSSR count). The quantitative estimate of drug-likeness (QED) is 0.405. The lowest BCUT2D eigenvalue weighted by Gasteiger charge is -2.13. The Labute approximate surface area is 192 Å². The van der Waals surface area contributed by atoms with E-state index in [1.165, 1.54) is 18.2 Å². The summed E-state index contributed by atoms with van der Waals surface area (Å²) in [5, 5.41) is 3.66. The number of hydrogen-bond acceptors (Lipinski definition) is 6. The minimum absolute atomic E-state index is 0.0121. The molecule has 4 aromatic rings. The van der Waals surface area contributed by atoms with Crippen LogP contribution in [0.1, 0.15) is 15.9 Å². The van der Waals surface area contributed by atoms with Gasteiger partial charge < -0.3 is 5.32 Å². The Kier molecular flexibility index (Phi) is 6.10. The summed E-state index contributed by atoms with van der Waals surface area (Å²) in [5.74, 6) is -0.460. The third kappa shape index (κ3) is 4.64. The Bertz CT molecular complexity index is 1390. The standard InChI is InChI=1S/C20H14Cl2N4O3S2/c21-13-9-8-12(15(22)10-13)11-23-20(27)14-4-1-2-5-16(14)26-31(28,29)18-7-3-6-17-19(18)25-30-24-17/h1-10,26H,11H2,(H,23,27). The second-order valence-corrected chi connectivity index (χ2v) is 9.48. The summed E-state index contributed by atoms with van der Waals surface area (Å²) in [6.45, 7) is 0.153. The molecule has 0 saturated carbocycles. The third-order valence-electron chi connectivity index (χ3n) is 4.41. The number of para-hydroxylation sites is 1. The van der Waals surface area contributed by atoms with E-state index >= 15 is 0 Å². The number of nitrogens with zero attached hydrogens (tertiary/aromatic N) is 2. The zero-order valence-electron chi connectivity index (χ0n) is 15.7. The number of carbonyl (C=O) groups is 1. The maximum Gasteiger partial charge on any atom is 0.264 e. The van der Waals surface area contributed by atoms with Crippen LogP contribution < -0.4 is 10.0 Å². The van der Waals surface area contributed by atoms with Gasteiger partial charge in [0.25, 0.3) is 15.9 Å². The van der Waals surface area contributed by atoms with Gasteiger partial charge in [-0.15, -0.1) is 0 Å². The van der Waals surface area contributed by atoms with Gasteiger partial charge in [0, 0.05) is 16.6 Å². The zero-order valence-corrected chi connectivity index (χ0v) is 18.8. The molecule has 158 valence electrons. The Morgan fingerprint density at radius 3 is 2.61 bits per heavy atom. The molecule has 0 radical (unpaired) electrons. The summed E-state index contributed by atoms with van der Waals surface area (Å²) in [4.78, 5) is 12.8. The number of fused-ring (bicyclic) bond motifs is 1. The molecule has 1 heterocycles. The molecule has 7 nitrogen and oxygen atoms in total. The van der Waals surface area contributed by atoms with Crippen LogP contribution in [0.2, 0.25) is 10.0 Å². The van der Waals surface area contributed by atoms with E-state index in [0.29, 0.717) is 21.1 Å². The second-order valence-electron chi connectivity index (χ2n) is 6.46. The number of amides is 1. The van der Waals surface area contributed by atoms with Gasteiger partial charge >= 0.3 is 0 Å². The molecule has 0 bridgehead atoms. The van der Waals surface area contributed by atoms with Crippen LogP contribution in [-0.2, 0) is 16.6 Å². The molecule has 3 aromatic carbocycles. The Morgan fingerprint density at radius 2 is 1.81 bits per heavy atom. The first-order chi connectivity index (χ1) is 14.8. The van der Waals surface area contributed by atoms with Crippen LogP contribution >= 0.6 is 34.9 Å². The number of halogens is 2. The second kappa shape index (κ2) is 8.80. The summed E-state index contributed by atoms with van der Waals surface area (Å²) in [6.07, 6.45) is 0. The molecule has 0 aliphatic carbocycles. The van der Waals surface area contributed by atoms with Crippen molar-refractivity contribution < 1.29 is 13.2 Å². The SMILES string of the molecule is O=C(NCc1ccc(Cl)cc1Cl)c1ccccc1NS(=O)(=O)c1cccc2nsnc12. The summed E-state index contributed by atoms with van der Waals surface area (Å²) >= 11 is 13.0. The maximum absolute atomic E-state index is 13.0. The molecule has 0 aliphatic heterocycles. The van der Waals surface area contributed by atoms with Crippen LogP contribution in [0, 0.1) is 0 Å². The number of anilines is 1. The average molecular weight is 493 g/mol. The molecule has 0 fully saturated rings.